The molecule has 0 bridgehead atoms. The fourth-order valence-electron chi connectivity index (χ4n) is 4.73. The number of unbranched alkanes of at least 4 members (excludes halogenated alkanes) is 2. The number of ether oxygens (including phenoxy) is 2. The topological polar surface area (TPSA) is 65.4 Å². The molecule has 0 unspecified atom stereocenters. The molecule has 3 aromatic carbocycles. The van der Waals surface area contributed by atoms with Crippen LogP contribution < -0.4 is 14.8 Å². The predicted octanol–water partition coefficient (Wildman–Crippen LogP) is 7.27. The van der Waals surface area contributed by atoms with Gasteiger partial charge in [0, 0.05) is 24.5 Å². The van der Waals surface area contributed by atoms with Gasteiger partial charge in [0.1, 0.15) is 5.82 Å². The van der Waals surface area contributed by atoms with Gasteiger partial charge < -0.3 is 19.4 Å². The summed E-state index contributed by atoms with van der Waals surface area (Å²) in [5.41, 5.74) is 4.23. The molecule has 6 nitrogen and oxygen atoms in total. The summed E-state index contributed by atoms with van der Waals surface area (Å²) in [7, 11) is 1.67. The van der Waals surface area contributed by atoms with Crippen LogP contribution in [-0.4, -0.2) is 35.7 Å². The van der Waals surface area contributed by atoms with E-state index in [1.54, 1.807) is 7.11 Å². The number of hydrogen-bond donors (Lipinski definition) is 1. The number of nitrogens with one attached hydrogen (secondary N) is 1. The van der Waals surface area contributed by atoms with Crippen LogP contribution in [0.3, 0.4) is 0 Å². The van der Waals surface area contributed by atoms with Gasteiger partial charge in [-0.1, -0.05) is 60.5 Å². The average Bonchev–Trinajstić information content (AvgIpc) is 3.32. The number of carbonyl (C=O) groups excluding carboxylic acids is 1. The fraction of sp³-hybridized carbons (Fsp3) is 0.333. The van der Waals surface area contributed by atoms with Gasteiger partial charge in [-0.15, -0.1) is 0 Å². The Hall–Kier alpha value is -3.77. The standard InChI is InChI=1S/C33H38ClN3O3/c1-3-10-25-16-19-30(31(23-25)39-2)40-22-9-21-37-29-12-7-6-11-28(29)36-32(37)13-5-4-8-20-35-33(38)24-26-14-17-27(34)18-15-26/h3,6-7,10-12,14-19,23H,4-5,8-9,13,20-22,24H2,1-2H3,(H,35,38)/b10-3+. The summed E-state index contributed by atoms with van der Waals surface area (Å²) in [6, 6.07) is 21.7. The Morgan fingerprint density at radius 3 is 2.62 bits per heavy atom. The van der Waals surface area contributed by atoms with E-state index in [0.717, 1.165) is 78.1 Å². The minimum atomic E-state index is 0.0395. The molecule has 1 amide bonds. The van der Waals surface area contributed by atoms with E-state index >= 15 is 0 Å². The Kier molecular flexibility index (Phi) is 11.1. The highest BCUT2D eigenvalue weighted by Gasteiger charge is 2.11. The van der Waals surface area contributed by atoms with Crippen molar-refractivity contribution in [3.8, 4) is 11.5 Å². The van der Waals surface area contributed by atoms with Crippen LogP contribution in [0.2, 0.25) is 5.02 Å². The largest absolute Gasteiger partial charge is 0.493 e. The van der Waals surface area contributed by atoms with E-state index in [1.165, 1.54) is 0 Å². The van der Waals surface area contributed by atoms with Gasteiger partial charge in [0.05, 0.1) is 31.2 Å². The van der Waals surface area contributed by atoms with Crippen LogP contribution in [0.15, 0.2) is 72.8 Å². The van der Waals surface area contributed by atoms with E-state index in [-0.39, 0.29) is 5.91 Å². The highest BCUT2D eigenvalue weighted by Crippen LogP contribution is 2.29. The first-order chi connectivity index (χ1) is 19.6. The lowest BCUT2D eigenvalue weighted by atomic mass is 10.1. The van der Waals surface area contributed by atoms with E-state index in [2.05, 4.69) is 28.1 Å². The van der Waals surface area contributed by atoms with E-state index in [1.807, 2.05) is 67.6 Å². The van der Waals surface area contributed by atoms with E-state index in [0.29, 0.717) is 24.6 Å². The van der Waals surface area contributed by atoms with E-state index < -0.39 is 0 Å². The highest BCUT2D eigenvalue weighted by molar-refractivity contribution is 6.30. The second-order valence-corrected chi connectivity index (χ2v) is 10.2. The molecule has 7 heteroatoms. The Morgan fingerprint density at radius 2 is 1.82 bits per heavy atom. The molecule has 1 aromatic heterocycles. The number of aryl methyl sites for hydroxylation is 2. The molecule has 0 radical (unpaired) electrons. The normalized spacial score (nSPS) is 11.3. The van der Waals surface area contributed by atoms with Crippen LogP contribution in [0, 0.1) is 0 Å². The van der Waals surface area contributed by atoms with Gasteiger partial charge >= 0.3 is 0 Å². The maximum absolute atomic E-state index is 12.2. The third-order valence-corrected chi connectivity index (χ3v) is 6.99. The van der Waals surface area contributed by atoms with Crippen LogP contribution in [0.5, 0.6) is 11.5 Å². The number of methoxy groups -OCH3 is 1. The lowest BCUT2D eigenvalue weighted by molar-refractivity contribution is -0.120. The smallest absolute Gasteiger partial charge is 0.224 e. The van der Waals surface area contributed by atoms with Crippen LogP contribution in [0.1, 0.15) is 49.6 Å². The molecule has 0 saturated heterocycles. The number of aromatic nitrogens is 2. The SMILES string of the molecule is C/C=C/c1ccc(OCCCn2c(CCCCCNC(=O)Cc3ccc(Cl)cc3)nc3ccccc32)c(OC)c1. The van der Waals surface area contributed by atoms with Crippen molar-refractivity contribution in [2.45, 2.75) is 52.0 Å². The number of para-hydroxylation sites is 2. The van der Waals surface area contributed by atoms with Crippen LogP contribution >= 0.6 is 11.6 Å². The zero-order valence-electron chi connectivity index (χ0n) is 23.4. The van der Waals surface area contributed by atoms with Crippen molar-refractivity contribution in [1.82, 2.24) is 14.9 Å². The minimum absolute atomic E-state index is 0.0395. The molecule has 1 heterocycles. The van der Waals surface area contributed by atoms with E-state index in [9.17, 15) is 4.79 Å². The van der Waals surface area contributed by atoms with Gasteiger partial charge in [-0.25, -0.2) is 4.98 Å². The van der Waals surface area contributed by atoms with Crippen molar-refractivity contribution in [2.24, 2.45) is 0 Å². The molecule has 1 N–H and O–H groups in total. The first-order valence-electron chi connectivity index (χ1n) is 14.0. The third kappa shape index (κ3) is 8.36. The zero-order valence-corrected chi connectivity index (χ0v) is 24.1. The van der Waals surface area contributed by atoms with Crippen molar-refractivity contribution >= 4 is 34.6 Å². The molecule has 0 fully saturated rings. The molecule has 210 valence electrons. The van der Waals surface area contributed by atoms with Gasteiger partial charge in [-0.05, 0) is 73.7 Å². The number of fused-ring (bicyclic) bond motifs is 1. The second-order valence-electron chi connectivity index (χ2n) is 9.74. The number of imidazole rings is 1. The Morgan fingerprint density at radius 1 is 1.00 bits per heavy atom. The van der Waals surface area contributed by atoms with Gasteiger partial charge in [0.25, 0.3) is 0 Å². The van der Waals surface area contributed by atoms with Crippen LogP contribution in [0.4, 0.5) is 0 Å². The lowest BCUT2D eigenvalue weighted by Gasteiger charge is -2.13. The Bertz CT molecular complexity index is 1410. The van der Waals surface area contributed by atoms with Gasteiger partial charge in [-0.2, -0.15) is 0 Å². The number of amides is 1. The van der Waals surface area contributed by atoms with Crippen molar-refractivity contribution in [3.05, 3.63) is 94.8 Å². The monoisotopic (exact) mass is 559 g/mol. The minimum Gasteiger partial charge on any atom is -0.493 e. The summed E-state index contributed by atoms with van der Waals surface area (Å²) in [6.07, 6.45) is 9.15. The van der Waals surface area contributed by atoms with Crippen molar-refractivity contribution in [3.63, 3.8) is 0 Å². The van der Waals surface area contributed by atoms with Crippen molar-refractivity contribution < 1.29 is 14.3 Å². The summed E-state index contributed by atoms with van der Waals surface area (Å²) in [5, 5.41) is 3.70. The number of benzene rings is 3. The Labute approximate surface area is 242 Å². The fourth-order valence-corrected chi connectivity index (χ4v) is 4.86. The summed E-state index contributed by atoms with van der Waals surface area (Å²) >= 11 is 5.92. The summed E-state index contributed by atoms with van der Waals surface area (Å²) in [5.74, 6) is 2.64. The first-order valence-corrected chi connectivity index (χ1v) is 14.3. The summed E-state index contributed by atoms with van der Waals surface area (Å²) in [6.45, 7) is 4.09. The van der Waals surface area contributed by atoms with Gasteiger partial charge in [0.15, 0.2) is 11.5 Å². The maximum atomic E-state index is 12.2. The molecule has 0 atom stereocenters. The van der Waals surface area contributed by atoms with Crippen LogP contribution in [-0.2, 0) is 24.2 Å². The zero-order chi connectivity index (χ0) is 28.2. The maximum Gasteiger partial charge on any atom is 0.224 e. The molecule has 0 aliphatic heterocycles. The number of hydrogen-bond acceptors (Lipinski definition) is 4. The molecular formula is C33H38ClN3O3. The quantitative estimate of drug-likeness (QED) is 0.155. The molecule has 0 aliphatic rings. The predicted molar refractivity (Wildman–Crippen MR) is 163 cm³/mol. The molecular weight excluding hydrogens is 522 g/mol. The second kappa shape index (κ2) is 15.1. The van der Waals surface area contributed by atoms with Crippen molar-refractivity contribution in [1.29, 1.82) is 0 Å². The molecule has 4 rings (SSSR count). The third-order valence-electron chi connectivity index (χ3n) is 6.74. The number of nitrogens with zero attached hydrogens (tertiary/aromatic N) is 2. The van der Waals surface area contributed by atoms with Gasteiger partial charge in [0.2, 0.25) is 5.91 Å². The molecule has 0 spiro atoms. The molecule has 40 heavy (non-hydrogen) atoms. The molecule has 0 saturated carbocycles. The van der Waals surface area contributed by atoms with E-state index in [4.69, 9.17) is 26.1 Å². The average molecular weight is 560 g/mol. The number of halogens is 1. The summed E-state index contributed by atoms with van der Waals surface area (Å²) in [4.78, 5) is 17.1. The summed E-state index contributed by atoms with van der Waals surface area (Å²) < 4.78 is 13.9. The van der Waals surface area contributed by atoms with Crippen LogP contribution in [0.25, 0.3) is 17.1 Å². The number of allylic oxidation sites excluding steroid dienone is 1. The highest BCUT2D eigenvalue weighted by atomic mass is 35.5. The Balaban J connectivity index is 1.24. The van der Waals surface area contributed by atoms with Crippen molar-refractivity contribution in [2.75, 3.05) is 20.3 Å². The molecule has 4 aromatic rings. The lowest BCUT2D eigenvalue weighted by Crippen LogP contribution is -2.26. The number of rotatable bonds is 15. The van der Waals surface area contributed by atoms with Gasteiger partial charge in [-0.3, -0.25) is 4.79 Å². The molecule has 0 aliphatic carbocycles. The first kappa shape index (κ1) is 29.2. The number of carbonyl (C=O) groups is 1.